The van der Waals surface area contributed by atoms with E-state index in [1.807, 2.05) is 13.8 Å². The Morgan fingerprint density at radius 3 is 2.60 bits per heavy atom. The van der Waals surface area contributed by atoms with Gasteiger partial charge in [-0.3, -0.25) is 9.59 Å². The van der Waals surface area contributed by atoms with Crippen LogP contribution in [0.3, 0.4) is 0 Å². The maximum Gasteiger partial charge on any atom is 0.222 e. The van der Waals surface area contributed by atoms with E-state index in [4.69, 9.17) is 0 Å². The molecule has 0 aliphatic rings. The highest BCUT2D eigenvalue weighted by Gasteiger charge is 2.12. The lowest BCUT2D eigenvalue weighted by molar-refractivity contribution is -0.125. The Morgan fingerprint density at radius 2 is 2.07 bits per heavy atom. The van der Waals surface area contributed by atoms with Crippen molar-refractivity contribution in [2.24, 2.45) is 5.92 Å². The molecule has 0 aliphatic heterocycles. The van der Waals surface area contributed by atoms with Gasteiger partial charge in [0.25, 0.3) is 0 Å². The molecule has 0 fully saturated rings. The van der Waals surface area contributed by atoms with Crippen LogP contribution < -0.4 is 10.6 Å². The molecule has 86 valence electrons. The van der Waals surface area contributed by atoms with Crippen LogP contribution >= 0.6 is 0 Å². The van der Waals surface area contributed by atoms with Gasteiger partial charge in [0.15, 0.2) is 0 Å². The van der Waals surface area contributed by atoms with Gasteiger partial charge in [-0.25, -0.2) is 0 Å². The Kier molecular flexibility index (Phi) is 7.32. The molecule has 2 N–H and O–H groups in total. The van der Waals surface area contributed by atoms with Crippen LogP contribution in [0.1, 0.15) is 26.7 Å². The fourth-order valence-electron chi connectivity index (χ4n) is 1.10. The second-order valence-corrected chi connectivity index (χ2v) is 3.43. The van der Waals surface area contributed by atoms with E-state index in [9.17, 15) is 9.59 Å². The maximum atomic E-state index is 11.3. The summed E-state index contributed by atoms with van der Waals surface area (Å²) in [6.45, 7) is 8.31. The van der Waals surface area contributed by atoms with E-state index in [1.165, 1.54) is 0 Å². The lowest BCUT2D eigenvalue weighted by atomic mass is 10.0. The van der Waals surface area contributed by atoms with Crippen LogP contribution in [0, 0.1) is 5.92 Å². The van der Waals surface area contributed by atoms with Crippen molar-refractivity contribution in [3.05, 3.63) is 12.7 Å². The Labute approximate surface area is 91.1 Å². The molecule has 0 aromatic heterocycles. The normalized spacial score (nSPS) is 11.6. The lowest BCUT2D eigenvalue weighted by Crippen LogP contribution is -2.30. The second-order valence-electron chi connectivity index (χ2n) is 3.43. The summed E-state index contributed by atoms with van der Waals surface area (Å²) in [6.07, 6.45) is 2.59. The van der Waals surface area contributed by atoms with Crippen molar-refractivity contribution in [3.8, 4) is 0 Å². The summed E-state index contributed by atoms with van der Waals surface area (Å²) < 4.78 is 0. The van der Waals surface area contributed by atoms with Crippen LogP contribution in [0.2, 0.25) is 0 Å². The summed E-state index contributed by atoms with van der Waals surface area (Å²) in [4.78, 5) is 22.5. The largest absolute Gasteiger partial charge is 0.356 e. The highest BCUT2D eigenvalue weighted by Crippen LogP contribution is 2.05. The summed E-state index contributed by atoms with van der Waals surface area (Å²) in [5.41, 5.74) is 0. The second kappa shape index (κ2) is 8.03. The average Bonchev–Trinajstić information content (AvgIpc) is 2.23. The smallest absolute Gasteiger partial charge is 0.222 e. The predicted molar refractivity (Wildman–Crippen MR) is 60.3 cm³/mol. The van der Waals surface area contributed by atoms with Gasteiger partial charge >= 0.3 is 0 Å². The molecule has 0 radical (unpaired) electrons. The van der Waals surface area contributed by atoms with Crippen molar-refractivity contribution >= 4 is 11.8 Å². The fraction of sp³-hybridized carbons (Fsp3) is 0.636. The molecule has 0 saturated carbocycles. The van der Waals surface area contributed by atoms with Crippen molar-refractivity contribution in [2.45, 2.75) is 26.7 Å². The molecular formula is C11H20N2O2. The zero-order valence-electron chi connectivity index (χ0n) is 9.51. The summed E-state index contributed by atoms with van der Waals surface area (Å²) >= 11 is 0. The number of hydrogen-bond acceptors (Lipinski definition) is 2. The van der Waals surface area contributed by atoms with Gasteiger partial charge in [0.05, 0.1) is 0 Å². The maximum absolute atomic E-state index is 11.3. The van der Waals surface area contributed by atoms with Crippen molar-refractivity contribution in [1.82, 2.24) is 10.6 Å². The Morgan fingerprint density at radius 1 is 1.40 bits per heavy atom. The molecule has 15 heavy (non-hydrogen) atoms. The van der Waals surface area contributed by atoms with Crippen molar-refractivity contribution in [2.75, 3.05) is 13.1 Å². The van der Waals surface area contributed by atoms with Gasteiger partial charge in [0.2, 0.25) is 11.8 Å². The molecule has 0 aliphatic carbocycles. The van der Waals surface area contributed by atoms with Gasteiger partial charge in [0, 0.05) is 25.4 Å². The summed E-state index contributed by atoms with van der Waals surface area (Å²) in [5, 5.41) is 5.40. The van der Waals surface area contributed by atoms with Crippen LogP contribution in [-0.4, -0.2) is 24.9 Å². The van der Waals surface area contributed by atoms with E-state index in [0.717, 1.165) is 0 Å². The molecule has 0 spiro atoms. The van der Waals surface area contributed by atoms with Crippen LogP contribution in [0.25, 0.3) is 0 Å². The third-order valence-electron chi connectivity index (χ3n) is 2.05. The first-order valence-electron chi connectivity index (χ1n) is 5.27. The molecular weight excluding hydrogens is 192 g/mol. The molecule has 0 heterocycles. The molecule has 4 nitrogen and oxygen atoms in total. The standard InChI is InChI=1S/C11H20N2O2/c1-4-8-13-10(14)7-6-9(3)11(15)12-5-2/h4,9H,1,5-8H2,2-3H3,(H,12,15)(H,13,14). The number of nitrogens with one attached hydrogen (secondary N) is 2. The van der Waals surface area contributed by atoms with E-state index < -0.39 is 0 Å². The Bertz CT molecular complexity index is 227. The summed E-state index contributed by atoms with van der Waals surface area (Å²) in [6, 6.07) is 0. The van der Waals surface area contributed by atoms with Gasteiger partial charge in [-0.1, -0.05) is 13.0 Å². The highest BCUT2D eigenvalue weighted by molar-refractivity contribution is 5.80. The van der Waals surface area contributed by atoms with Crippen molar-refractivity contribution in [1.29, 1.82) is 0 Å². The number of carbonyl (C=O) groups excluding carboxylic acids is 2. The van der Waals surface area contributed by atoms with E-state index in [2.05, 4.69) is 17.2 Å². The monoisotopic (exact) mass is 212 g/mol. The minimum atomic E-state index is -0.112. The fourth-order valence-corrected chi connectivity index (χ4v) is 1.10. The topological polar surface area (TPSA) is 58.2 Å². The zero-order chi connectivity index (χ0) is 11.7. The molecule has 0 aromatic rings. The first kappa shape index (κ1) is 13.7. The average molecular weight is 212 g/mol. The van der Waals surface area contributed by atoms with Crippen LogP contribution in [0.15, 0.2) is 12.7 Å². The van der Waals surface area contributed by atoms with E-state index in [0.29, 0.717) is 25.9 Å². The molecule has 1 unspecified atom stereocenters. The summed E-state index contributed by atoms with van der Waals surface area (Å²) in [5.74, 6) is -0.139. The number of carbonyl (C=O) groups is 2. The van der Waals surface area contributed by atoms with E-state index in [1.54, 1.807) is 6.08 Å². The molecule has 4 heteroatoms. The number of amides is 2. The van der Waals surface area contributed by atoms with Gasteiger partial charge in [-0.2, -0.15) is 0 Å². The molecule has 0 rings (SSSR count). The van der Waals surface area contributed by atoms with Crippen LogP contribution in [0.5, 0.6) is 0 Å². The molecule has 0 aromatic carbocycles. The Hall–Kier alpha value is -1.32. The van der Waals surface area contributed by atoms with Gasteiger partial charge in [-0.15, -0.1) is 6.58 Å². The quantitative estimate of drug-likeness (QED) is 0.614. The van der Waals surface area contributed by atoms with Crippen molar-refractivity contribution < 1.29 is 9.59 Å². The SMILES string of the molecule is C=CCNC(=O)CCC(C)C(=O)NCC. The van der Waals surface area contributed by atoms with Gasteiger partial charge in [0.1, 0.15) is 0 Å². The number of rotatable bonds is 7. The van der Waals surface area contributed by atoms with E-state index in [-0.39, 0.29) is 17.7 Å². The lowest BCUT2D eigenvalue weighted by Gasteiger charge is -2.10. The van der Waals surface area contributed by atoms with Crippen LogP contribution in [0.4, 0.5) is 0 Å². The van der Waals surface area contributed by atoms with Crippen LogP contribution in [-0.2, 0) is 9.59 Å². The molecule has 1 atom stereocenters. The molecule has 0 saturated heterocycles. The Balaban J connectivity index is 3.69. The molecule has 2 amide bonds. The minimum absolute atomic E-state index is 0.00835. The highest BCUT2D eigenvalue weighted by atomic mass is 16.2. The predicted octanol–water partition coefficient (Wildman–Crippen LogP) is 0.841. The van der Waals surface area contributed by atoms with Gasteiger partial charge in [-0.05, 0) is 13.3 Å². The van der Waals surface area contributed by atoms with Gasteiger partial charge < -0.3 is 10.6 Å². The first-order valence-corrected chi connectivity index (χ1v) is 5.27. The van der Waals surface area contributed by atoms with Crippen molar-refractivity contribution in [3.63, 3.8) is 0 Å². The molecule has 0 bridgehead atoms. The third kappa shape index (κ3) is 6.71. The number of hydrogen-bond donors (Lipinski definition) is 2. The van der Waals surface area contributed by atoms with E-state index >= 15 is 0 Å². The summed E-state index contributed by atoms with van der Waals surface area (Å²) in [7, 11) is 0. The zero-order valence-corrected chi connectivity index (χ0v) is 9.51. The first-order chi connectivity index (χ1) is 7.11. The third-order valence-corrected chi connectivity index (χ3v) is 2.05. The minimum Gasteiger partial charge on any atom is -0.356 e.